The predicted octanol–water partition coefficient (Wildman–Crippen LogP) is 4.49. The number of hydrogen-bond acceptors (Lipinski definition) is 3. The summed E-state index contributed by atoms with van der Waals surface area (Å²) >= 11 is 1.84. The van der Waals surface area contributed by atoms with Crippen LogP contribution in [0.2, 0.25) is 0 Å². The Morgan fingerprint density at radius 3 is 2.55 bits per heavy atom. The lowest BCUT2D eigenvalue weighted by Crippen LogP contribution is -2.17. The van der Waals surface area contributed by atoms with E-state index >= 15 is 0 Å². The van der Waals surface area contributed by atoms with Crippen LogP contribution in [0.1, 0.15) is 11.8 Å². The first-order valence-corrected chi connectivity index (χ1v) is 7.69. The fourth-order valence-corrected chi connectivity index (χ4v) is 3.22. The molecule has 0 radical (unpaired) electrons. The zero-order valence-corrected chi connectivity index (χ0v) is 12.2. The standard InChI is InChI=1S/C17H17NOS/c1-18-15(12-20-14-8-3-2-4-9-14)17-11-13-7-5-6-10-16(13)19-17/h2-11,15,18H,12H2,1H3. The van der Waals surface area contributed by atoms with Crippen LogP contribution in [0.4, 0.5) is 0 Å². The minimum Gasteiger partial charge on any atom is -0.459 e. The van der Waals surface area contributed by atoms with Gasteiger partial charge in [-0.15, -0.1) is 11.8 Å². The number of thioether (sulfide) groups is 1. The number of para-hydroxylation sites is 1. The van der Waals surface area contributed by atoms with Crippen LogP contribution in [-0.4, -0.2) is 12.8 Å². The molecule has 1 aromatic heterocycles. The van der Waals surface area contributed by atoms with Crippen LogP contribution in [-0.2, 0) is 0 Å². The largest absolute Gasteiger partial charge is 0.459 e. The Labute approximate surface area is 123 Å². The summed E-state index contributed by atoms with van der Waals surface area (Å²) in [4.78, 5) is 1.28. The Bertz CT molecular complexity index is 645. The number of furan rings is 1. The Balaban J connectivity index is 1.75. The van der Waals surface area contributed by atoms with E-state index in [1.165, 1.54) is 4.90 Å². The average Bonchev–Trinajstić information content (AvgIpc) is 2.92. The Morgan fingerprint density at radius 1 is 1.05 bits per heavy atom. The molecule has 0 spiro atoms. The monoisotopic (exact) mass is 283 g/mol. The van der Waals surface area contributed by atoms with Gasteiger partial charge < -0.3 is 9.73 Å². The molecule has 0 fully saturated rings. The molecule has 0 aliphatic rings. The zero-order valence-electron chi connectivity index (χ0n) is 11.4. The maximum atomic E-state index is 5.93. The summed E-state index contributed by atoms with van der Waals surface area (Å²) in [6.45, 7) is 0. The molecular weight excluding hydrogens is 266 g/mol. The summed E-state index contributed by atoms with van der Waals surface area (Å²) in [5, 5.41) is 4.49. The van der Waals surface area contributed by atoms with Gasteiger partial charge in [-0.25, -0.2) is 0 Å². The number of fused-ring (bicyclic) bond motifs is 1. The highest BCUT2D eigenvalue weighted by Crippen LogP contribution is 2.28. The highest BCUT2D eigenvalue weighted by atomic mass is 32.2. The van der Waals surface area contributed by atoms with Crippen molar-refractivity contribution < 1.29 is 4.42 Å². The Morgan fingerprint density at radius 2 is 1.80 bits per heavy atom. The van der Waals surface area contributed by atoms with Gasteiger partial charge in [-0.2, -0.15) is 0 Å². The van der Waals surface area contributed by atoms with Crippen LogP contribution < -0.4 is 5.32 Å². The van der Waals surface area contributed by atoms with Crippen molar-refractivity contribution in [2.45, 2.75) is 10.9 Å². The number of benzene rings is 2. The number of rotatable bonds is 5. The molecule has 2 nitrogen and oxygen atoms in total. The van der Waals surface area contributed by atoms with Gasteiger partial charge >= 0.3 is 0 Å². The zero-order chi connectivity index (χ0) is 13.8. The van der Waals surface area contributed by atoms with Gasteiger partial charge in [-0.1, -0.05) is 36.4 Å². The second-order valence-corrected chi connectivity index (χ2v) is 5.75. The summed E-state index contributed by atoms with van der Waals surface area (Å²) in [6, 6.07) is 20.9. The van der Waals surface area contributed by atoms with Crippen LogP contribution in [0.3, 0.4) is 0 Å². The molecular formula is C17H17NOS. The molecule has 2 aromatic carbocycles. The van der Waals surface area contributed by atoms with Gasteiger partial charge in [0.2, 0.25) is 0 Å². The van der Waals surface area contributed by atoms with Crippen LogP contribution in [0, 0.1) is 0 Å². The molecule has 3 aromatic rings. The van der Waals surface area contributed by atoms with Crippen molar-refractivity contribution in [1.82, 2.24) is 5.32 Å². The van der Waals surface area contributed by atoms with E-state index in [0.717, 1.165) is 22.5 Å². The minimum absolute atomic E-state index is 0.215. The van der Waals surface area contributed by atoms with Crippen molar-refractivity contribution in [1.29, 1.82) is 0 Å². The molecule has 0 saturated carbocycles. The predicted molar refractivity (Wildman–Crippen MR) is 85.2 cm³/mol. The minimum atomic E-state index is 0.215. The Kier molecular flexibility index (Phi) is 4.09. The highest BCUT2D eigenvalue weighted by Gasteiger charge is 2.14. The average molecular weight is 283 g/mol. The van der Waals surface area contributed by atoms with E-state index in [4.69, 9.17) is 4.42 Å². The fourth-order valence-electron chi connectivity index (χ4n) is 2.18. The van der Waals surface area contributed by atoms with Crippen molar-refractivity contribution in [3.8, 4) is 0 Å². The van der Waals surface area contributed by atoms with Gasteiger partial charge in [0.05, 0.1) is 6.04 Å². The first-order chi connectivity index (χ1) is 9.86. The van der Waals surface area contributed by atoms with Crippen molar-refractivity contribution in [3.05, 3.63) is 66.4 Å². The quantitative estimate of drug-likeness (QED) is 0.699. The van der Waals surface area contributed by atoms with Gasteiger partial charge in [0.15, 0.2) is 0 Å². The van der Waals surface area contributed by atoms with E-state index < -0.39 is 0 Å². The smallest absolute Gasteiger partial charge is 0.134 e. The van der Waals surface area contributed by atoms with Gasteiger partial charge in [-0.3, -0.25) is 0 Å². The molecule has 3 rings (SSSR count). The molecule has 1 heterocycles. The van der Waals surface area contributed by atoms with E-state index in [0.29, 0.717) is 0 Å². The lowest BCUT2D eigenvalue weighted by atomic mass is 10.2. The van der Waals surface area contributed by atoms with Crippen molar-refractivity contribution >= 4 is 22.7 Å². The van der Waals surface area contributed by atoms with Crippen molar-refractivity contribution in [2.24, 2.45) is 0 Å². The summed E-state index contributed by atoms with van der Waals surface area (Å²) in [5.74, 6) is 1.94. The second-order valence-electron chi connectivity index (χ2n) is 4.65. The molecule has 0 aliphatic carbocycles. The van der Waals surface area contributed by atoms with Crippen molar-refractivity contribution in [2.75, 3.05) is 12.8 Å². The molecule has 1 N–H and O–H groups in total. The Hall–Kier alpha value is -1.71. The maximum Gasteiger partial charge on any atom is 0.134 e. The number of hydrogen-bond donors (Lipinski definition) is 1. The number of nitrogens with one attached hydrogen (secondary N) is 1. The lowest BCUT2D eigenvalue weighted by Gasteiger charge is -2.12. The molecule has 102 valence electrons. The highest BCUT2D eigenvalue weighted by molar-refractivity contribution is 7.99. The molecule has 1 unspecified atom stereocenters. The van der Waals surface area contributed by atoms with E-state index in [1.54, 1.807) is 0 Å². The van der Waals surface area contributed by atoms with E-state index in [1.807, 2.05) is 43.1 Å². The van der Waals surface area contributed by atoms with E-state index in [-0.39, 0.29) is 6.04 Å². The van der Waals surface area contributed by atoms with Gasteiger partial charge in [-0.05, 0) is 31.3 Å². The molecule has 20 heavy (non-hydrogen) atoms. The fraction of sp³-hybridized carbons (Fsp3) is 0.176. The molecule has 0 bridgehead atoms. The summed E-state index contributed by atoms with van der Waals surface area (Å²) in [6.07, 6.45) is 0. The summed E-state index contributed by atoms with van der Waals surface area (Å²) in [7, 11) is 1.98. The molecule has 0 amide bonds. The van der Waals surface area contributed by atoms with Crippen LogP contribution in [0.5, 0.6) is 0 Å². The van der Waals surface area contributed by atoms with Gasteiger partial charge in [0, 0.05) is 16.0 Å². The first kappa shape index (κ1) is 13.3. The van der Waals surface area contributed by atoms with Crippen LogP contribution in [0.25, 0.3) is 11.0 Å². The van der Waals surface area contributed by atoms with Crippen LogP contribution >= 0.6 is 11.8 Å². The topological polar surface area (TPSA) is 25.2 Å². The SMILES string of the molecule is CNC(CSc1ccccc1)c1cc2ccccc2o1. The van der Waals surface area contributed by atoms with E-state index in [2.05, 4.69) is 41.7 Å². The third kappa shape index (κ3) is 2.89. The molecule has 1 atom stereocenters. The summed E-state index contributed by atoms with van der Waals surface area (Å²) < 4.78 is 5.93. The summed E-state index contributed by atoms with van der Waals surface area (Å²) in [5.41, 5.74) is 0.951. The third-order valence-electron chi connectivity index (χ3n) is 3.30. The van der Waals surface area contributed by atoms with Crippen molar-refractivity contribution in [3.63, 3.8) is 0 Å². The third-order valence-corrected chi connectivity index (χ3v) is 4.40. The molecule has 0 saturated heterocycles. The van der Waals surface area contributed by atoms with Gasteiger partial charge in [0.1, 0.15) is 11.3 Å². The maximum absolute atomic E-state index is 5.93. The second kappa shape index (κ2) is 6.16. The van der Waals surface area contributed by atoms with E-state index in [9.17, 15) is 0 Å². The lowest BCUT2D eigenvalue weighted by molar-refractivity contribution is 0.479. The molecule has 3 heteroatoms. The molecule has 0 aliphatic heterocycles. The van der Waals surface area contributed by atoms with Crippen LogP contribution in [0.15, 0.2) is 70.0 Å². The van der Waals surface area contributed by atoms with Gasteiger partial charge in [0.25, 0.3) is 0 Å². The first-order valence-electron chi connectivity index (χ1n) is 6.70. The normalized spacial score (nSPS) is 12.7.